The van der Waals surface area contributed by atoms with Gasteiger partial charge in [0, 0.05) is 19.1 Å². The molecule has 0 unspecified atom stereocenters. The third-order valence-corrected chi connectivity index (χ3v) is 2.66. The molecule has 2 aliphatic heterocycles. The van der Waals surface area contributed by atoms with Crippen LogP contribution in [0.5, 0.6) is 0 Å². The molecule has 2 nitrogen and oxygen atoms in total. The zero-order valence-corrected chi connectivity index (χ0v) is 5.93. The standard InChI is InChI=1S/C7H14N2/c1-9-5-6-4-8-3-2-7(6)9/h6-8H,2-5H2,1H3/t6-,7+/m1/s1. The quantitative estimate of drug-likeness (QED) is 0.488. The highest BCUT2D eigenvalue weighted by Gasteiger charge is 2.37. The average Bonchev–Trinajstić information content (AvgIpc) is 1.86. The highest BCUT2D eigenvalue weighted by atomic mass is 15.2. The molecule has 1 N–H and O–H groups in total. The van der Waals surface area contributed by atoms with Gasteiger partial charge in [-0.2, -0.15) is 0 Å². The summed E-state index contributed by atoms with van der Waals surface area (Å²) in [6, 6.07) is 0.922. The molecular formula is C7H14N2. The summed E-state index contributed by atoms with van der Waals surface area (Å²) in [5, 5.41) is 3.41. The van der Waals surface area contributed by atoms with Crippen molar-refractivity contribution >= 4 is 0 Å². The number of nitrogens with zero attached hydrogens (tertiary/aromatic N) is 1. The van der Waals surface area contributed by atoms with Gasteiger partial charge in [-0.05, 0) is 25.9 Å². The van der Waals surface area contributed by atoms with Crippen molar-refractivity contribution in [3.63, 3.8) is 0 Å². The van der Waals surface area contributed by atoms with Gasteiger partial charge in [-0.3, -0.25) is 0 Å². The van der Waals surface area contributed by atoms with E-state index < -0.39 is 0 Å². The molecule has 0 amide bonds. The lowest BCUT2D eigenvalue weighted by atomic mass is 9.84. The van der Waals surface area contributed by atoms with Gasteiger partial charge >= 0.3 is 0 Å². The highest BCUT2D eigenvalue weighted by molar-refractivity contribution is 4.93. The van der Waals surface area contributed by atoms with Crippen LogP contribution < -0.4 is 5.32 Å². The Kier molecular flexibility index (Phi) is 1.24. The SMILES string of the molecule is CN1C[C@H]2CNCC[C@@H]21. The molecule has 2 aliphatic rings. The maximum atomic E-state index is 3.41. The fourth-order valence-electron chi connectivity index (χ4n) is 2.04. The molecule has 2 saturated heterocycles. The second-order valence-corrected chi connectivity index (χ2v) is 3.26. The van der Waals surface area contributed by atoms with Crippen molar-refractivity contribution in [3.8, 4) is 0 Å². The molecule has 2 rings (SSSR count). The lowest BCUT2D eigenvalue weighted by molar-refractivity contribution is 0.0186. The first-order valence-corrected chi connectivity index (χ1v) is 3.79. The van der Waals surface area contributed by atoms with Crippen molar-refractivity contribution in [2.24, 2.45) is 5.92 Å². The fourth-order valence-corrected chi connectivity index (χ4v) is 2.04. The van der Waals surface area contributed by atoms with Crippen molar-refractivity contribution < 1.29 is 0 Å². The van der Waals surface area contributed by atoms with Crippen LogP contribution in [0.25, 0.3) is 0 Å². The van der Waals surface area contributed by atoms with Crippen LogP contribution >= 0.6 is 0 Å². The molecule has 0 aromatic carbocycles. The zero-order chi connectivity index (χ0) is 6.27. The monoisotopic (exact) mass is 126 g/mol. The third-order valence-electron chi connectivity index (χ3n) is 2.66. The molecule has 2 fully saturated rings. The molecule has 0 bridgehead atoms. The van der Waals surface area contributed by atoms with E-state index in [4.69, 9.17) is 0 Å². The molecule has 52 valence electrons. The van der Waals surface area contributed by atoms with Gasteiger partial charge in [0.15, 0.2) is 0 Å². The van der Waals surface area contributed by atoms with Crippen LogP contribution in [0.3, 0.4) is 0 Å². The summed E-state index contributed by atoms with van der Waals surface area (Å²) in [4.78, 5) is 2.46. The normalized spacial score (nSPS) is 43.7. The largest absolute Gasteiger partial charge is 0.316 e. The van der Waals surface area contributed by atoms with Crippen LogP contribution in [0, 0.1) is 5.92 Å². The molecule has 0 saturated carbocycles. The molecule has 0 spiro atoms. The molecule has 2 heteroatoms. The van der Waals surface area contributed by atoms with Gasteiger partial charge in [0.25, 0.3) is 0 Å². The predicted octanol–water partition coefficient (Wildman–Crippen LogP) is -0.0901. The van der Waals surface area contributed by atoms with Gasteiger partial charge in [-0.1, -0.05) is 0 Å². The Morgan fingerprint density at radius 2 is 2.44 bits per heavy atom. The summed E-state index contributed by atoms with van der Waals surface area (Å²) in [6.07, 6.45) is 1.36. The summed E-state index contributed by atoms with van der Waals surface area (Å²) in [5.41, 5.74) is 0. The molecule has 2 atom stereocenters. The van der Waals surface area contributed by atoms with E-state index in [2.05, 4.69) is 17.3 Å². The summed E-state index contributed by atoms with van der Waals surface area (Å²) < 4.78 is 0. The van der Waals surface area contributed by atoms with E-state index in [1.807, 2.05) is 0 Å². The zero-order valence-electron chi connectivity index (χ0n) is 5.93. The Morgan fingerprint density at radius 1 is 1.56 bits per heavy atom. The Labute approximate surface area is 56.2 Å². The van der Waals surface area contributed by atoms with Crippen molar-refractivity contribution in [2.45, 2.75) is 12.5 Å². The summed E-state index contributed by atoms with van der Waals surface area (Å²) in [5.74, 6) is 0.976. The predicted molar refractivity (Wildman–Crippen MR) is 37.4 cm³/mol. The minimum atomic E-state index is 0.922. The minimum absolute atomic E-state index is 0.922. The van der Waals surface area contributed by atoms with Crippen LogP contribution in [-0.2, 0) is 0 Å². The summed E-state index contributed by atoms with van der Waals surface area (Å²) >= 11 is 0. The minimum Gasteiger partial charge on any atom is -0.316 e. The van der Waals surface area contributed by atoms with E-state index in [0.717, 1.165) is 12.0 Å². The molecule has 9 heavy (non-hydrogen) atoms. The second kappa shape index (κ2) is 1.96. The summed E-state index contributed by atoms with van der Waals surface area (Å²) in [6.45, 7) is 3.80. The van der Waals surface area contributed by atoms with Gasteiger partial charge in [0.1, 0.15) is 0 Å². The van der Waals surface area contributed by atoms with E-state index in [1.54, 1.807) is 0 Å². The number of rotatable bonds is 0. The third kappa shape index (κ3) is 0.775. The summed E-state index contributed by atoms with van der Waals surface area (Å²) in [7, 11) is 2.23. The molecular weight excluding hydrogens is 112 g/mol. The Balaban J connectivity index is 1.94. The molecule has 0 aliphatic carbocycles. The topological polar surface area (TPSA) is 15.3 Å². The van der Waals surface area contributed by atoms with E-state index in [0.29, 0.717) is 0 Å². The van der Waals surface area contributed by atoms with Crippen molar-refractivity contribution in [2.75, 3.05) is 26.7 Å². The fraction of sp³-hybridized carbons (Fsp3) is 1.00. The van der Waals surface area contributed by atoms with Crippen LogP contribution in [0.15, 0.2) is 0 Å². The Bertz CT molecular complexity index is 111. The first kappa shape index (κ1) is 5.69. The maximum Gasteiger partial charge on any atom is 0.0157 e. The average molecular weight is 126 g/mol. The maximum absolute atomic E-state index is 3.41. The van der Waals surface area contributed by atoms with Gasteiger partial charge < -0.3 is 10.2 Å². The smallest absolute Gasteiger partial charge is 0.0157 e. The van der Waals surface area contributed by atoms with Crippen LogP contribution in [0.2, 0.25) is 0 Å². The number of hydrogen-bond donors (Lipinski definition) is 1. The lowest BCUT2D eigenvalue weighted by Crippen LogP contribution is -2.60. The number of nitrogens with one attached hydrogen (secondary N) is 1. The van der Waals surface area contributed by atoms with E-state index in [-0.39, 0.29) is 0 Å². The van der Waals surface area contributed by atoms with Crippen LogP contribution in [-0.4, -0.2) is 37.6 Å². The Morgan fingerprint density at radius 3 is 3.00 bits per heavy atom. The number of hydrogen-bond acceptors (Lipinski definition) is 2. The van der Waals surface area contributed by atoms with Crippen molar-refractivity contribution in [1.29, 1.82) is 0 Å². The van der Waals surface area contributed by atoms with Gasteiger partial charge in [-0.15, -0.1) is 0 Å². The number of piperidine rings is 1. The molecule has 0 aromatic heterocycles. The van der Waals surface area contributed by atoms with Gasteiger partial charge in [0.2, 0.25) is 0 Å². The first-order chi connectivity index (χ1) is 4.38. The lowest BCUT2D eigenvalue weighted by Gasteiger charge is -2.49. The van der Waals surface area contributed by atoms with Crippen molar-refractivity contribution in [1.82, 2.24) is 10.2 Å². The van der Waals surface area contributed by atoms with Crippen LogP contribution in [0.1, 0.15) is 6.42 Å². The molecule has 0 aromatic rings. The molecule has 2 heterocycles. The second-order valence-electron chi connectivity index (χ2n) is 3.26. The number of likely N-dealkylation sites (tertiary alicyclic amines) is 1. The Hall–Kier alpha value is -0.0800. The van der Waals surface area contributed by atoms with Crippen molar-refractivity contribution in [3.05, 3.63) is 0 Å². The van der Waals surface area contributed by atoms with E-state index in [1.165, 1.54) is 26.1 Å². The van der Waals surface area contributed by atoms with E-state index in [9.17, 15) is 0 Å². The van der Waals surface area contributed by atoms with Crippen LogP contribution in [0.4, 0.5) is 0 Å². The van der Waals surface area contributed by atoms with Gasteiger partial charge in [-0.25, -0.2) is 0 Å². The highest BCUT2D eigenvalue weighted by Crippen LogP contribution is 2.26. The molecule has 0 radical (unpaired) electrons. The number of fused-ring (bicyclic) bond motifs is 1. The van der Waals surface area contributed by atoms with E-state index >= 15 is 0 Å². The van der Waals surface area contributed by atoms with Gasteiger partial charge in [0.05, 0.1) is 0 Å². The first-order valence-electron chi connectivity index (χ1n) is 3.79.